The molecule has 0 spiro atoms. The fraction of sp³-hybridized carbons (Fsp3) is 0.945. The van der Waals surface area contributed by atoms with Crippen molar-refractivity contribution in [3.63, 3.8) is 0 Å². The first kappa shape index (κ1) is 63.2. The molecular formula is C55H112N2O6P+. The maximum absolute atomic E-state index is 12.9. The predicted molar refractivity (Wildman–Crippen MR) is 277 cm³/mol. The number of quaternary nitrogens is 1. The second-order valence-corrected chi connectivity index (χ2v) is 22.1. The average molecular weight is 928 g/mol. The van der Waals surface area contributed by atoms with Crippen molar-refractivity contribution in [3.8, 4) is 0 Å². The van der Waals surface area contributed by atoms with E-state index in [-0.39, 0.29) is 19.1 Å². The van der Waals surface area contributed by atoms with Gasteiger partial charge in [0.1, 0.15) is 13.2 Å². The summed E-state index contributed by atoms with van der Waals surface area (Å²) in [4.78, 5) is 23.2. The van der Waals surface area contributed by atoms with Gasteiger partial charge in [0, 0.05) is 6.42 Å². The molecular weight excluding hydrogens is 816 g/mol. The quantitative estimate of drug-likeness (QED) is 0.0243. The van der Waals surface area contributed by atoms with E-state index in [0.29, 0.717) is 23.9 Å². The van der Waals surface area contributed by atoms with Gasteiger partial charge in [-0.05, 0) is 38.5 Å². The smallest absolute Gasteiger partial charge is 0.391 e. The summed E-state index contributed by atoms with van der Waals surface area (Å²) >= 11 is 0. The van der Waals surface area contributed by atoms with Crippen molar-refractivity contribution < 1.29 is 32.9 Å². The normalized spacial score (nSPS) is 14.0. The van der Waals surface area contributed by atoms with Crippen molar-refractivity contribution in [2.75, 3.05) is 40.9 Å². The maximum atomic E-state index is 12.9. The van der Waals surface area contributed by atoms with Crippen LogP contribution in [0.25, 0.3) is 0 Å². The predicted octanol–water partition coefficient (Wildman–Crippen LogP) is 16.7. The minimum atomic E-state index is -4.32. The number of phosphoric ester groups is 1. The first-order valence-electron chi connectivity index (χ1n) is 28.1. The number of nitrogens with one attached hydrogen (secondary N) is 1. The highest BCUT2D eigenvalue weighted by molar-refractivity contribution is 7.47. The van der Waals surface area contributed by atoms with Gasteiger partial charge >= 0.3 is 7.82 Å². The molecule has 3 atom stereocenters. The summed E-state index contributed by atoms with van der Waals surface area (Å²) in [6.45, 7) is 4.90. The minimum Gasteiger partial charge on any atom is -0.391 e. The van der Waals surface area contributed by atoms with Crippen LogP contribution >= 0.6 is 7.82 Å². The summed E-state index contributed by atoms with van der Waals surface area (Å²) < 4.78 is 23.7. The summed E-state index contributed by atoms with van der Waals surface area (Å²) in [5.41, 5.74) is 0. The summed E-state index contributed by atoms with van der Waals surface area (Å²) in [7, 11) is 1.62. The lowest BCUT2D eigenvalue weighted by Gasteiger charge is -2.26. The molecule has 0 saturated carbocycles. The monoisotopic (exact) mass is 928 g/mol. The number of hydrogen-bond donors (Lipinski definition) is 3. The molecule has 0 aromatic heterocycles. The molecule has 0 rings (SSSR count). The van der Waals surface area contributed by atoms with Crippen LogP contribution in [-0.2, 0) is 18.4 Å². The van der Waals surface area contributed by atoms with Crippen molar-refractivity contribution in [3.05, 3.63) is 12.2 Å². The fourth-order valence-electron chi connectivity index (χ4n) is 8.57. The molecule has 0 heterocycles. The van der Waals surface area contributed by atoms with Crippen LogP contribution in [0.2, 0.25) is 0 Å². The van der Waals surface area contributed by atoms with Gasteiger partial charge in [-0.3, -0.25) is 13.8 Å². The molecule has 382 valence electrons. The molecule has 0 aromatic carbocycles. The molecule has 0 aliphatic heterocycles. The lowest BCUT2D eigenvalue weighted by Crippen LogP contribution is -2.46. The number of hydrogen-bond acceptors (Lipinski definition) is 5. The van der Waals surface area contributed by atoms with Gasteiger partial charge in [-0.2, -0.15) is 0 Å². The Labute approximate surface area is 399 Å². The summed E-state index contributed by atoms with van der Waals surface area (Å²) in [5, 5.41) is 14.0. The summed E-state index contributed by atoms with van der Waals surface area (Å²) in [6, 6.07) is -0.762. The van der Waals surface area contributed by atoms with Crippen LogP contribution in [-0.4, -0.2) is 73.4 Å². The Morgan fingerprint density at radius 3 is 1.22 bits per heavy atom. The lowest BCUT2D eigenvalue weighted by molar-refractivity contribution is -0.870. The second-order valence-electron chi connectivity index (χ2n) is 20.7. The number of phosphoric acid groups is 1. The van der Waals surface area contributed by atoms with Crippen LogP contribution in [0, 0.1) is 0 Å². The zero-order valence-corrected chi connectivity index (χ0v) is 44.4. The van der Waals surface area contributed by atoms with Crippen molar-refractivity contribution in [1.82, 2.24) is 5.32 Å². The van der Waals surface area contributed by atoms with Gasteiger partial charge < -0.3 is 19.8 Å². The average Bonchev–Trinajstić information content (AvgIpc) is 3.25. The molecule has 8 nitrogen and oxygen atoms in total. The van der Waals surface area contributed by atoms with Gasteiger partial charge in [-0.1, -0.05) is 251 Å². The molecule has 3 unspecified atom stereocenters. The Bertz CT molecular complexity index is 1050. The second kappa shape index (κ2) is 47.3. The number of carbonyl (C=O) groups excluding carboxylic acids is 1. The number of aliphatic hydroxyl groups is 1. The van der Waals surface area contributed by atoms with Crippen molar-refractivity contribution in [2.45, 2.75) is 296 Å². The molecule has 3 N–H and O–H groups in total. The third-order valence-corrected chi connectivity index (χ3v) is 14.0. The largest absolute Gasteiger partial charge is 0.472 e. The zero-order valence-electron chi connectivity index (χ0n) is 43.6. The SMILES string of the molecule is CCCCCC/C=C\CCCCCCCC(=O)NC(COP(=O)(O)OCC[N+](C)(C)C)C(O)CCCCCCCCCCCCCCCCCCCCCCCCCCCCCCC. The molecule has 0 fully saturated rings. The first-order chi connectivity index (χ1) is 31.0. The zero-order chi connectivity index (χ0) is 47.1. The van der Waals surface area contributed by atoms with Crippen LogP contribution < -0.4 is 5.32 Å². The first-order valence-corrected chi connectivity index (χ1v) is 29.5. The number of amides is 1. The number of likely N-dealkylation sites (N-methyl/N-ethyl adjacent to an activating group) is 1. The number of carbonyl (C=O) groups is 1. The van der Waals surface area contributed by atoms with Gasteiger partial charge in [0.2, 0.25) is 5.91 Å². The van der Waals surface area contributed by atoms with Gasteiger partial charge in [-0.15, -0.1) is 0 Å². The molecule has 0 radical (unpaired) electrons. The molecule has 0 saturated heterocycles. The number of allylic oxidation sites excluding steroid dienone is 2. The molecule has 0 aliphatic rings. The van der Waals surface area contributed by atoms with Gasteiger partial charge in [-0.25, -0.2) is 4.57 Å². The molecule has 64 heavy (non-hydrogen) atoms. The Hall–Kier alpha value is -0.760. The number of nitrogens with zero attached hydrogens (tertiary/aromatic N) is 1. The van der Waals surface area contributed by atoms with Gasteiger partial charge in [0.05, 0.1) is 39.9 Å². The van der Waals surface area contributed by atoms with E-state index in [1.165, 1.54) is 205 Å². The van der Waals surface area contributed by atoms with Crippen molar-refractivity contribution >= 4 is 13.7 Å². The Morgan fingerprint density at radius 1 is 0.516 bits per heavy atom. The van der Waals surface area contributed by atoms with E-state index in [0.717, 1.165) is 51.4 Å². The molecule has 1 amide bonds. The Morgan fingerprint density at radius 2 is 0.844 bits per heavy atom. The van der Waals surface area contributed by atoms with E-state index in [1.807, 2.05) is 21.1 Å². The number of rotatable bonds is 52. The highest BCUT2D eigenvalue weighted by Gasteiger charge is 2.28. The van der Waals surface area contributed by atoms with Gasteiger partial charge in [0.15, 0.2) is 0 Å². The van der Waals surface area contributed by atoms with Crippen molar-refractivity contribution in [1.29, 1.82) is 0 Å². The van der Waals surface area contributed by atoms with Crippen LogP contribution in [0.5, 0.6) is 0 Å². The van der Waals surface area contributed by atoms with Crippen LogP contribution in [0.15, 0.2) is 12.2 Å². The maximum Gasteiger partial charge on any atom is 0.472 e. The standard InChI is InChI=1S/C55H111N2O6P/c1-6-8-10-12-14-16-18-20-21-22-23-24-25-26-27-28-29-30-31-32-33-34-35-37-38-40-42-44-46-48-54(58)53(52-63-64(60,61)62-51-50-57(3,4)5)56-55(59)49-47-45-43-41-39-36-19-17-15-13-11-9-7-2/h17,19,53-54,58H,6-16,18,20-52H2,1-5H3,(H-,56,59,60,61)/p+1/b19-17-. The number of aliphatic hydroxyl groups excluding tert-OH is 1. The molecule has 0 aromatic rings. The highest BCUT2D eigenvalue weighted by atomic mass is 31.2. The molecule has 0 bridgehead atoms. The van der Waals surface area contributed by atoms with Gasteiger partial charge in [0.25, 0.3) is 0 Å². The lowest BCUT2D eigenvalue weighted by atomic mass is 10.0. The third kappa shape index (κ3) is 49.2. The number of unbranched alkanes of at least 4 members (excludes halogenated alkanes) is 37. The highest BCUT2D eigenvalue weighted by Crippen LogP contribution is 2.43. The van der Waals surface area contributed by atoms with E-state index in [2.05, 4.69) is 31.3 Å². The van der Waals surface area contributed by atoms with E-state index in [9.17, 15) is 19.4 Å². The van der Waals surface area contributed by atoms with E-state index in [1.54, 1.807) is 0 Å². The van der Waals surface area contributed by atoms with Crippen LogP contribution in [0.4, 0.5) is 0 Å². The Balaban J connectivity index is 4.04. The Kier molecular flexibility index (Phi) is 46.8. The van der Waals surface area contributed by atoms with Crippen LogP contribution in [0.1, 0.15) is 284 Å². The molecule has 0 aliphatic carbocycles. The molecule has 9 heteroatoms. The van der Waals surface area contributed by atoms with Crippen molar-refractivity contribution in [2.24, 2.45) is 0 Å². The summed E-state index contributed by atoms with van der Waals surface area (Å²) in [6.07, 6.45) is 57.1. The van der Waals surface area contributed by atoms with E-state index < -0.39 is 20.0 Å². The fourth-order valence-corrected chi connectivity index (χ4v) is 9.31. The minimum absolute atomic E-state index is 0.0752. The van der Waals surface area contributed by atoms with E-state index in [4.69, 9.17) is 9.05 Å². The third-order valence-electron chi connectivity index (χ3n) is 13.0. The topological polar surface area (TPSA) is 105 Å². The van der Waals surface area contributed by atoms with E-state index >= 15 is 0 Å². The summed E-state index contributed by atoms with van der Waals surface area (Å²) in [5.74, 6) is -0.150. The van der Waals surface area contributed by atoms with Crippen LogP contribution in [0.3, 0.4) is 0 Å².